The molecule has 3 aromatic rings. The largest absolute Gasteiger partial charge is 0.489 e. The molecule has 9 heteroatoms. The van der Waals surface area contributed by atoms with Crippen molar-refractivity contribution >= 4 is 17.8 Å². The standard InChI is InChI=1S/C26H31N3O6/c1-17(15-33-5)35-21-12-19(11-20(13-21)34-16-18-9-7-6-8-10-18)24(30)27-23-22(26(2,3)4)14-29(28-23)25(31)32/h6-14,17H,15-16H2,1-5H3,(H,31,32)(H,27,28,30)/t17-/m0/s1. The highest BCUT2D eigenvalue weighted by Crippen LogP contribution is 2.30. The first-order valence-corrected chi connectivity index (χ1v) is 11.2. The number of nitrogens with zero attached hydrogens (tertiary/aromatic N) is 2. The Kier molecular flexibility index (Phi) is 8.14. The van der Waals surface area contributed by atoms with Gasteiger partial charge in [0.05, 0.1) is 6.61 Å². The lowest BCUT2D eigenvalue weighted by Gasteiger charge is -2.19. The van der Waals surface area contributed by atoms with Gasteiger partial charge in [0.2, 0.25) is 0 Å². The number of methoxy groups -OCH3 is 1. The van der Waals surface area contributed by atoms with E-state index in [1.165, 1.54) is 6.20 Å². The lowest BCUT2D eigenvalue weighted by atomic mass is 9.89. The molecular formula is C26H31N3O6. The van der Waals surface area contributed by atoms with Crippen molar-refractivity contribution in [2.75, 3.05) is 19.0 Å². The van der Waals surface area contributed by atoms with Gasteiger partial charge in [-0.1, -0.05) is 51.1 Å². The fourth-order valence-corrected chi connectivity index (χ4v) is 3.39. The number of amides is 1. The molecule has 0 aliphatic rings. The molecule has 1 heterocycles. The first-order valence-electron chi connectivity index (χ1n) is 11.2. The van der Waals surface area contributed by atoms with E-state index in [9.17, 15) is 14.7 Å². The number of hydrogen-bond acceptors (Lipinski definition) is 6. The average molecular weight is 482 g/mol. The molecule has 0 unspecified atom stereocenters. The Morgan fingerprint density at radius 3 is 2.43 bits per heavy atom. The smallest absolute Gasteiger partial charge is 0.432 e. The molecule has 0 aliphatic carbocycles. The van der Waals surface area contributed by atoms with E-state index >= 15 is 0 Å². The zero-order chi connectivity index (χ0) is 25.6. The highest BCUT2D eigenvalue weighted by atomic mass is 16.5. The van der Waals surface area contributed by atoms with E-state index in [4.69, 9.17) is 14.2 Å². The van der Waals surface area contributed by atoms with Gasteiger partial charge in [-0.05, 0) is 30.0 Å². The predicted octanol–water partition coefficient (Wildman–Crippen LogP) is 4.95. The summed E-state index contributed by atoms with van der Waals surface area (Å²) in [5.74, 6) is 0.599. The molecule has 1 aromatic heterocycles. The summed E-state index contributed by atoms with van der Waals surface area (Å²) in [6.45, 7) is 8.27. The van der Waals surface area contributed by atoms with Gasteiger partial charge >= 0.3 is 6.09 Å². The molecule has 0 bridgehead atoms. The van der Waals surface area contributed by atoms with E-state index in [1.54, 1.807) is 25.3 Å². The molecule has 2 N–H and O–H groups in total. The van der Waals surface area contributed by atoms with Crippen LogP contribution in [0.5, 0.6) is 11.5 Å². The van der Waals surface area contributed by atoms with Gasteiger partial charge < -0.3 is 24.6 Å². The number of ether oxygens (including phenoxy) is 3. The molecule has 0 radical (unpaired) electrons. The molecule has 35 heavy (non-hydrogen) atoms. The van der Waals surface area contributed by atoms with Crippen LogP contribution < -0.4 is 14.8 Å². The topological polar surface area (TPSA) is 112 Å². The average Bonchev–Trinajstić information content (AvgIpc) is 3.23. The van der Waals surface area contributed by atoms with E-state index in [2.05, 4.69) is 10.4 Å². The molecule has 0 saturated carbocycles. The lowest BCUT2D eigenvalue weighted by Crippen LogP contribution is -2.20. The van der Waals surface area contributed by atoms with Crippen LogP contribution in [0.25, 0.3) is 0 Å². The number of benzene rings is 2. The van der Waals surface area contributed by atoms with E-state index in [-0.39, 0.29) is 17.5 Å². The molecule has 2 aromatic carbocycles. The maximum atomic E-state index is 13.2. The minimum Gasteiger partial charge on any atom is -0.489 e. The molecule has 0 aliphatic heterocycles. The predicted molar refractivity (Wildman–Crippen MR) is 131 cm³/mol. The molecule has 0 fully saturated rings. The second-order valence-electron chi connectivity index (χ2n) is 9.17. The minimum absolute atomic E-state index is 0.177. The number of hydrogen-bond donors (Lipinski definition) is 2. The Balaban J connectivity index is 1.90. The van der Waals surface area contributed by atoms with Crippen molar-refractivity contribution in [2.24, 2.45) is 0 Å². The van der Waals surface area contributed by atoms with Crippen molar-refractivity contribution in [3.8, 4) is 11.5 Å². The Labute approximate surface area is 204 Å². The molecule has 9 nitrogen and oxygen atoms in total. The van der Waals surface area contributed by atoms with Crippen LogP contribution in [0.2, 0.25) is 0 Å². The van der Waals surface area contributed by atoms with Gasteiger partial charge in [-0.2, -0.15) is 4.68 Å². The third-order valence-electron chi connectivity index (χ3n) is 5.08. The third-order valence-corrected chi connectivity index (χ3v) is 5.08. The molecule has 1 amide bonds. The molecule has 0 spiro atoms. The second kappa shape index (κ2) is 11.1. The Hall–Kier alpha value is -3.85. The zero-order valence-corrected chi connectivity index (χ0v) is 20.6. The first kappa shape index (κ1) is 25.8. The van der Waals surface area contributed by atoms with Gasteiger partial charge in [0.1, 0.15) is 24.2 Å². The van der Waals surface area contributed by atoms with Crippen LogP contribution in [0.4, 0.5) is 10.6 Å². The number of carbonyl (C=O) groups excluding carboxylic acids is 1. The van der Waals surface area contributed by atoms with Gasteiger partial charge in [-0.3, -0.25) is 4.79 Å². The summed E-state index contributed by atoms with van der Waals surface area (Å²) >= 11 is 0. The van der Waals surface area contributed by atoms with Crippen LogP contribution in [0, 0.1) is 0 Å². The van der Waals surface area contributed by atoms with Crippen molar-refractivity contribution in [2.45, 2.75) is 45.8 Å². The molecule has 186 valence electrons. The number of carboxylic acid groups (broad SMARTS) is 1. The van der Waals surface area contributed by atoms with Crippen LogP contribution in [0.1, 0.15) is 49.2 Å². The van der Waals surface area contributed by atoms with Crippen molar-refractivity contribution < 1.29 is 28.9 Å². The lowest BCUT2D eigenvalue weighted by molar-refractivity contribution is 0.0914. The molecule has 1 atom stereocenters. The van der Waals surface area contributed by atoms with Crippen LogP contribution in [0.3, 0.4) is 0 Å². The zero-order valence-electron chi connectivity index (χ0n) is 20.6. The summed E-state index contributed by atoms with van der Waals surface area (Å²) in [5, 5.41) is 16.1. The van der Waals surface area contributed by atoms with Gasteiger partial charge in [-0.25, -0.2) is 4.79 Å². The molecular weight excluding hydrogens is 450 g/mol. The number of aromatic nitrogens is 2. The Morgan fingerprint density at radius 2 is 1.80 bits per heavy atom. The van der Waals surface area contributed by atoms with Crippen LogP contribution in [0.15, 0.2) is 54.7 Å². The quantitative estimate of drug-likeness (QED) is 0.445. The van der Waals surface area contributed by atoms with Gasteiger partial charge in [-0.15, -0.1) is 5.10 Å². The van der Waals surface area contributed by atoms with Gasteiger partial charge in [0, 0.05) is 30.5 Å². The monoisotopic (exact) mass is 481 g/mol. The maximum Gasteiger partial charge on any atom is 0.432 e. The number of anilines is 1. The fraction of sp³-hybridized carbons (Fsp3) is 0.346. The Bertz CT molecular complexity index is 1170. The van der Waals surface area contributed by atoms with Crippen molar-refractivity contribution in [3.05, 3.63) is 71.4 Å². The van der Waals surface area contributed by atoms with Gasteiger partial charge in [0.15, 0.2) is 5.82 Å². The third kappa shape index (κ3) is 7.07. The van der Waals surface area contributed by atoms with E-state index in [1.807, 2.05) is 58.0 Å². The highest BCUT2D eigenvalue weighted by molar-refractivity contribution is 6.04. The summed E-state index contributed by atoms with van der Waals surface area (Å²) in [4.78, 5) is 24.6. The van der Waals surface area contributed by atoms with Crippen molar-refractivity contribution in [1.82, 2.24) is 9.78 Å². The summed E-state index contributed by atoms with van der Waals surface area (Å²) in [6, 6.07) is 14.6. The Morgan fingerprint density at radius 1 is 1.11 bits per heavy atom. The van der Waals surface area contributed by atoms with E-state index in [0.29, 0.717) is 30.3 Å². The van der Waals surface area contributed by atoms with Crippen LogP contribution >= 0.6 is 0 Å². The normalized spacial score (nSPS) is 12.1. The molecule has 0 saturated heterocycles. The van der Waals surface area contributed by atoms with E-state index in [0.717, 1.165) is 10.2 Å². The summed E-state index contributed by atoms with van der Waals surface area (Å²) in [5.41, 5.74) is 1.40. The SMILES string of the molecule is COC[C@H](C)Oc1cc(OCc2ccccc2)cc(C(=O)Nc2nn(C(=O)O)cc2C(C)(C)C)c1. The van der Waals surface area contributed by atoms with Crippen molar-refractivity contribution in [1.29, 1.82) is 0 Å². The minimum atomic E-state index is -1.24. The number of rotatable bonds is 9. The van der Waals surface area contributed by atoms with Crippen molar-refractivity contribution in [3.63, 3.8) is 0 Å². The summed E-state index contributed by atoms with van der Waals surface area (Å²) < 4.78 is 17.8. The number of carbonyl (C=O) groups is 2. The summed E-state index contributed by atoms with van der Waals surface area (Å²) in [6.07, 6.45) is -0.0904. The van der Waals surface area contributed by atoms with Gasteiger partial charge in [0.25, 0.3) is 5.91 Å². The van der Waals surface area contributed by atoms with Crippen LogP contribution in [-0.4, -0.2) is 46.7 Å². The maximum absolute atomic E-state index is 13.2. The first-order chi connectivity index (χ1) is 16.6. The second-order valence-corrected chi connectivity index (χ2v) is 9.17. The van der Waals surface area contributed by atoms with E-state index < -0.39 is 17.4 Å². The fourth-order valence-electron chi connectivity index (χ4n) is 3.39. The van der Waals surface area contributed by atoms with Crippen LogP contribution in [-0.2, 0) is 16.8 Å². The summed E-state index contributed by atoms with van der Waals surface area (Å²) in [7, 11) is 1.58. The number of nitrogens with one attached hydrogen (secondary N) is 1. The highest BCUT2D eigenvalue weighted by Gasteiger charge is 2.25. The molecule has 3 rings (SSSR count).